The van der Waals surface area contributed by atoms with Crippen molar-refractivity contribution < 1.29 is 0 Å². The van der Waals surface area contributed by atoms with E-state index in [-0.39, 0.29) is 0 Å². The van der Waals surface area contributed by atoms with Crippen LogP contribution in [-0.2, 0) is 6.54 Å². The maximum Gasteiger partial charge on any atom is 0.106 e. The molecule has 1 aromatic heterocycles. The van der Waals surface area contributed by atoms with Crippen LogP contribution in [0.2, 0.25) is 0 Å². The lowest BCUT2D eigenvalue weighted by Crippen LogP contribution is -2.48. The highest BCUT2D eigenvalue weighted by Crippen LogP contribution is 2.11. The highest BCUT2D eigenvalue weighted by atomic mass is 79.9. The molecule has 94 valence electrons. The molecule has 0 radical (unpaired) electrons. The van der Waals surface area contributed by atoms with Gasteiger partial charge < -0.3 is 0 Å². The number of hydrogen-bond acceptors (Lipinski definition) is 3. The Labute approximate surface area is 112 Å². The monoisotopic (exact) mass is 297 g/mol. The van der Waals surface area contributed by atoms with Crippen LogP contribution in [0.25, 0.3) is 0 Å². The second kappa shape index (κ2) is 5.94. The average molecular weight is 298 g/mol. The van der Waals surface area contributed by atoms with Crippen LogP contribution in [0.15, 0.2) is 22.9 Å². The van der Waals surface area contributed by atoms with Gasteiger partial charge in [0.2, 0.25) is 0 Å². The van der Waals surface area contributed by atoms with Crippen molar-refractivity contribution in [2.24, 2.45) is 0 Å². The molecule has 0 unspecified atom stereocenters. The minimum absolute atomic E-state index is 0.673. The van der Waals surface area contributed by atoms with Gasteiger partial charge >= 0.3 is 0 Å². The molecule has 0 aliphatic carbocycles. The number of hydrogen-bond donors (Lipinski definition) is 0. The Morgan fingerprint density at radius 2 is 1.94 bits per heavy atom. The molecule has 1 aliphatic rings. The van der Waals surface area contributed by atoms with Crippen LogP contribution in [0.1, 0.15) is 19.4 Å². The van der Waals surface area contributed by atoms with Gasteiger partial charge in [0.25, 0.3) is 0 Å². The molecule has 0 spiro atoms. The van der Waals surface area contributed by atoms with Gasteiger partial charge in [-0.2, -0.15) is 0 Å². The topological polar surface area (TPSA) is 19.4 Å². The van der Waals surface area contributed by atoms with E-state index in [9.17, 15) is 0 Å². The second-order valence-electron chi connectivity index (χ2n) is 4.90. The number of rotatable bonds is 3. The summed E-state index contributed by atoms with van der Waals surface area (Å²) in [5.41, 5.74) is 1.30. The first-order valence-corrected chi connectivity index (χ1v) is 7.01. The van der Waals surface area contributed by atoms with Crippen molar-refractivity contribution in [3.63, 3.8) is 0 Å². The van der Waals surface area contributed by atoms with Crippen LogP contribution in [0.3, 0.4) is 0 Å². The number of aromatic nitrogens is 1. The van der Waals surface area contributed by atoms with Crippen LogP contribution < -0.4 is 0 Å². The fourth-order valence-electron chi connectivity index (χ4n) is 2.20. The number of nitrogens with zero attached hydrogens (tertiary/aromatic N) is 3. The molecule has 0 N–H and O–H groups in total. The Balaban J connectivity index is 1.84. The molecule has 0 atom stereocenters. The molecule has 4 heteroatoms. The summed E-state index contributed by atoms with van der Waals surface area (Å²) in [6, 6.07) is 4.83. The average Bonchev–Trinajstić information content (AvgIpc) is 2.33. The summed E-state index contributed by atoms with van der Waals surface area (Å²) in [4.78, 5) is 9.31. The van der Waals surface area contributed by atoms with Crippen LogP contribution >= 0.6 is 15.9 Å². The number of pyridine rings is 1. The molecule has 2 rings (SSSR count). The van der Waals surface area contributed by atoms with Crippen LogP contribution in [0, 0.1) is 0 Å². The fraction of sp³-hybridized carbons (Fsp3) is 0.615. The van der Waals surface area contributed by atoms with Crippen molar-refractivity contribution in [1.82, 2.24) is 14.8 Å². The lowest BCUT2D eigenvalue weighted by Gasteiger charge is -2.36. The summed E-state index contributed by atoms with van der Waals surface area (Å²) in [6.07, 6.45) is 1.96. The summed E-state index contributed by atoms with van der Waals surface area (Å²) in [6.45, 7) is 10.3. The largest absolute Gasteiger partial charge is 0.298 e. The van der Waals surface area contributed by atoms with Gasteiger partial charge in [-0.3, -0.25) is 9.80 Å². The van der Waals surface area contributed by atoms with E-state index in [1.165, 1.54) is 18.7 Å². The van der Waals surface area contributed by atoms with Gasteiger partial charge in [-0.15, -0.1) is 0 Å². The van der Waals surface area contributed by atoms with Crippen molar-refractivity contribution in [1.29, 1.82) is 0 Å². The predicted octanol–water partition coefficient (Wildman–Crippen LogP) is 2.37. The number of piperazine rings is 1. The Hall–Kier alpha value is -0.450. The second-order valence-corrected chi connectivity index (χ2v) is 5.71. The van der Waals surface area contributed by atoms with Gasteiger partial charge in [0.05, 0.1) is 0 Å². The smallest absolute Gasteiger partial charge is 0.106 e. The van der Waals surface area contributed by atoms with Gasteiger partial charge in [-0.25, -0.2) is 4.98 Å². The van der Waals surface area contributed by atoms with Gasteiger partial charge in [0.1, 0.15) is 4.60 Å². The Bertz CT molecular complexity index is 342. The number of halogens is 1. The van der Waals surface area contributed by atoms with Gasteiger partial charge in [0, 0.05) is 45.0 Å². The summed E-state index contributed by atoms with van der Waals surface area (Å²) in [5.74, 6) is 0. The predicted molar refractivity (Wildman–Crippen MR) is 73.9 cm³/mol. The zero-order chi connectivity index (χ0) is 12.3. The van der Waals surface area contributed by atoms with E-state index in [1.54, 1.807) is 0 Å². The molecule has 0 bridgehead atoms. The summed E-state index contributed by atoms with van der Waals surface area (Å²) < 4.78 is 0.908. The molecular formula is C13H20BrN3. The quantitative estimate of drug-likeness (QED) is 0.799. The van der Waals surface area contributed by atoms with Gasteiger partial charge in [0.15, 0.2) is 0 Å². The summed E-state index contributed by atoms with van der Waals surface area (Å²) in [7, 11) is 0. The zero-order valence-electron chi connectivity index (χ0n) is 10.6. The van der Waals surface area contributed by atoms with E-state index >= 15 is 0 Å². The maximum absolute atomic E-state index is 4.27. The molecular weight excluding hydrogens is 278 g/mol. The molecule has 1 aromatic rings. The van der Waals surface area contributed by atoms with E-state index in [0.29, 0.717) is 6.04 Å². The first kappa shape index (κ1) is 13.0. The standard InChI is InChI=1S/C13H20BrN3/c1-11(2)17-7-5-16(6-8-17)10-12-3-4-13(14)15-9-12/h3-4,9,11H,5-8,10H2,1-2H3. The normalized spacial score (nSPS) is 18.8. The van der Waals surface area contributed by atoms with E-state index in [0.717, 1.165) is 24.2 Å². The molecule has 2 heterocycles. The van der Waals surface area contributed by atoms with Crippen molar-refractivity contribution in [3.05, 3.63) is 28.5 Å². The fourth-order valence-corrected chi connectivity index (χ4v) is 2.43. The maximum atomic E-state index is 4.27. The molecule has 3 nitrogen and oxygen atoms in total. The highest BCUT2D eigenvalue weighted by Gasteiger charge is 2.18. The minimum Gasteiger partial charge on any atom is -0.298 e. The van der Waals surface area contributed by atoms with Crippen LogP contribution in [-0.4, -0.2) is 47.0 Å². The van der Waals surface area contributed by atoms with E-state index < -0.39 is 0 Å². The summed E-state index contributed by atoms with van der Waals surface area (Å²) in [5, 5.41) is 0. The third-order valence-electron chi connectivity index (χ3n) is 3.33. The van der Waals surface area contributed by atoms with E-state index in [1.807, 2.05) is 12.3 Å². The van der Waals surface area contributed by atoms with Crippen LogP contribution in [0.5, 0.6) is 0 Å². The summed E-state index contributed by atoms with van der Waals surface area (Å²) >= 11 is 3.36. The Kier molecular flexibility index (Phi) is 4.54. The SMILES string of the molecule is CC(C)N1CCN(Cc2ccc(Br)nc2)CC1. The Morgan fingerprint density at radius 3 is 2.47 bits per heavy atom. The van der Waals surface area contributed by atoms with Crippen molar-refractivity contribution in [2.75, 3.05) is 26.2 Å². The highest BCUT2D eigenvalue weighted by molar-refractivity contribution is 9.10. The minimum atomic E-state index is 0.673. The van der Waals surface area contributed by atoms with E-state index in [2.05, 4.69) is 50.6 Å². The van der Waals surface area contributed by atoms with Crippen molar-refractivity contribution in [3.8, 4) is 0 Å². The van der Waals surface area contributed by atoms with Gasteiger partial charge in [-0.05, 0) is 41.4 Å². The molecule has 17 heavy (non-hydrogen) atoms. The third-order valence-corrected chi connectivity index (χ3v) is 3.80. The lowest BCUT2D eigenvalue weighted by molar-refractivity contribution is 0.104. The van der Waals surface area contributed by atoms with E-state index in [4.69, 9.17) is 0 Å². The Morgan fingerprint density at radius 1 is 1.24 bits per heavy atom. The molecule has 1 aliphatic heterocycles. The van der Waals surface area contributed by atoms with Crippen LogP contribution in [0.4, 0.5) is 0 Å². The van der Waals surface area contributed by atoms with Crippen molar-refractivity contribution >= 4 is 15.9 Å². The van der Waals surface area contributed by atoms with Gasteiger partial charge in [-0.1, -0.05) is 6.07 Å². The lowest BCUT2D eigenvalue weighted by atomic mass is 10.2. The first-order valence-electron chi connectivity index (χ1n) is 6.22. The first-order chi connectivity index (χ1) is 8.15. The molecule has 0 amide bonds. The zero-order valence-corrected chi connectivity index (χ0v) is 12.2. The third kappa shape index (κ3) is 3.76. The molecule has 1 saturated heterocycles. The molecule has 0 aromatic carbocycles. The molecule has 1 fully saturated rings. The van der Waals surface area contributed by atoms with Crippen molar-refractivity contribution in [2.45, 2.75) is 26.4 Å². The molecule has 0 saturated carbocycles.